The van der Waals surface area contributed by atoms with Crippen LogP contribution in [0.15, 0.2) is 18.2 Å². The fourth-order valence-electron chi connectivity index (χ4n) is 2.33. The lowest BCUT2D eigenvalue weighted by molar-refractivity contribution is -0.131. The van der Waals surface area contributed by atoms with Gasteiger partial charge in [0.15, 0.2) is 0 Å². The van der Waals surface area contributed by atoms with Gasteiger partial charge in [0.2, 0.25) is 5.91 Å². The van der Waals surface area contributed by atoms with Crippen molar-refractivity contribution in [2.45, 2.75) is 32.2 Å². The molecule has 2 rings (SSSR count). The van der Waals surface area contributed by atoms with Crippen LogP contribution in [0.1, 0.15) is 36.8 Å². The molecule has 1 amide bonds. The predicted molar refractivity (Wildman–Crippen MR) is 76.2 cm³/mol. The predicted octanol–water partition coefficient (Wildman–Crippen LogP) is 2.36. The Kier molecular flexibility index (Phi) is 4.47. The van der Waals surface area contributed by atoms with Crippen molar-refractivity contribution in [3.63, 3.8) is 0 Å². The maximum atomic E-state index is 13.2. The van der Waals surface area contributed by atoms with Gasteiger partial charge in [0, 0.05) is 25.1 Å². The lowest BCUT2D eigenvalue weighted by Crippen LogP contribution is -2.30. The summed E-state index contributed by atoms with van der Waals surface area (Å²) in [5.74, 6) is -0.218. The standard InChI is InChI=1S/C14H17FN2OS/c15-11-6-5-10(12(8-11)14(16)19)9-17-7-3-1-2-4-13(17)18/h5-6,8H,1-4,7,9H2,(H2,16,19). The van der Waals surface area contributed by atoms with Crippen molar-refractivity contribution >= 4 is 23.1 Å². The van der Waals surface area contributed by atoms with Crippen molar-refractivity contribution in [2.75, 3.05) is 6.54 Å². The Morgan fingerprint density at radius 1 is 1.37 bits per heavy atom. The van der Waals surface area contributed by atoms with Gasteiger partial charge < -0.3 is 10.6 Å². The van der Waals surface area contributed by atoms with Crippen LogP contribution in [0.2, 0.25) is 0 Å². The van der Waals surface area contributed by atoms with Gasteiger partial charge in [0.05, 0.1) is 0 Å². The third-order valence-corrected chi connectivity index (χ3v) is 3.59. The van der Waals surface area contributed by atoms with E-state index in [1.807, 2.05) is 4.90 Å². The second-order valence-electron chi connectivity index (χ2n) is 4.79. The van der Waals surface area contributed by atoms with Crippen molar-refractivity contribution in [3.8, 4) is 0 Å². The minimum atomic E-state index is -0.367. The quantitative estimate of drug-likeness (QED) is 0.865. The van der Waals surface area contributed by atoms with Crippen LogP contribution in [-0.2, 0) is 11.3 Å². The molecule has 1 aliphatic heterocycles. The number of hydrogen-bond acceptors (Lipinski definition) is 2. The number of hydrogen-bond donors (Lipinski definition) is 1. The molecule has 1 fully saturated rings. The first-order valence-corrected chi connectivity index (χ1v) is 6.85. The second-order valence-corrected chi connectivity index (χ2v) is 5.23. The number of rotatable bonds is 3. The SMILES string of the molecule is NC(=S)c1cc(F)ccc1CN1CCCCCC1=O. The normalized spacial score (nSPS) is 16.3. The molecule has 0 atom stereocenters. The molecule has 5 heteroatoms. The van der Waals surface area contributed by atoms with Gasteiger partial charge in [-0.3, -0.25) is 4.79 Å². The Hall–Kier alpha value is -1.49. The van der Waals surface area contributed by atoms with Gasteiger partial charge in [0.1, 0.15) is 10.8 Å². The summed E-state index contributed by atoms with van der Waals surface area (Å²) in [6, 6.07) is 4.36. The van der Waals surface area contributed by atoms with Crippen LogP contribution in [-0.4, -0.2) is 22.3 Å². The molecule has 19 heavy (non-hydrogen) atoms. The molecule has 1 aliphatic rings. The zero-order valence-electron chi connectivity index (χ0n) is 10.7. The highest BCUT2D eigenvalue weighted by molar-refractivity contribution is 7.80. The molecule has 102 valence electrons. The molecule has 3 nitrogen and oxygen atoms in total. The highest BCUT2D eigenvalue weighted by Gasteiger charge is 2.18. The number of benzene rings is 1. The van der Waals surface area contributed by atoms with Gasteiger partial charge in [-0.05, 0) is 30.5 Å². The number of nitrogens with zero attached hydrogens (tertiary/aromatic N) is 1. The zero-order chi connectivity index (χ0) is 13.8. The zero-order valence-corrected chi connectivity index (χ0v) is 11.5. The van der Waals surface area contributed by atoms with Crippen LogP contribution < -0.4 is 5.73 Å². The first-order chi connectivity index (χ1) is 9.08. The maximum Gasteiger partial charge on any atom is 0.222 e. The Labute approximate surface area is 117 Å². The topological polar surface area (TPSA) is 46.3 Å². The van der Waals surface area contributed by atoms with E-state index in [2.05, 4.69) is 0 Å². The molecule has 1 aromatic carbocycles. The molecule has 2 N–H and O–H groups in total. The van der Waals surface area contributed by atoms with E-state index in [4.69, 9.17) is 18.0 Å². The van der Waals surface area contributed by atoms with Crippen molar-refractivity contribution in [1.29, 1.82) is 0 Å². The summed E-state index contributed by atoms with van der Waals surface area (Å²) >= 11 is 4.94. The van der Waals surface area contributed by atoms with E-state index in [1.54, 1.807) is 6.07 Å². The molecule has 0 bridgehead atoms. The fraction of sp³-hybridized carbons (Fsp3) is 0.429. The van der Waals surface area contributed by atoms with Crippen molar-refractivity contribution in [3.05, 3.63) is 35.1 Å². The molecule has 1 heterocycles. The number of amides is 1. The lowest BCUT2D eigenvalue weighted by atomic mass is 10.1. The molecule has 0 spiro atoms. The average molecular weight is 280 g/mol. The highest BCUT2D eigenvalue weighted by Crippen LogP contribution is 2.18. The molecule has 0 aromatic heterocycles. The summed E-state index contributed by atoms with van der Waals surface area (Å²) in [7, 11) is 0. The summed E-state index contributed by atoms with van der Waals surface area (Å²) in [6.45, 7) is 1.19. The van der Waals surface area contributed by atoms with Crippen molar-refractivity contribution < 1.29 is 9.18 Å². The smallest absolute Gasteiger partial charge is 0.222 e. The summed E-state index contributed by atoms with van der Waals surface area (Å²) in [5, 5.41) is 0. The number of carbonyl (C=O) groups is 1. The van der Waals surface area contributed by atoms with Crippen LogP contribution in [0.5, 0.6) is 0 Å². The molecule has 1 aromatic rings. The van der Waals surface area contributed by atoms with Crippen LogP contribution in [0.4, 0.5) is 4.39 Å². The first-order valence-electron chi connectivity index (χ1n) is 6.44. The largest absolute Gasteiger partial charge is 0.389 e. The van der Waals surface area contributed by atoms with Crippen LogP contribution in [0.25, 0.3) is 0 Å². The minimum Gasteiger partial charge on any atom is -0.389 e. The van der Waals surface area contributed by atoms with E-state index < -0.39 is 0 Å². The lowest BCUT2D eigenvalue weighted by Gasteiger charge is -2.22. The summed E-state index contributed by atoms with van der Waals surface area (Å²) in [6.07, 6.45) is 3.62. The highest BCUT2D eigenvalue weighted by atomic mass is 32.1. The number of halogens is 1. The molecular formula is C14H17FN2OS. The van der Waals surface area contributed by atoms with E-state index in [-0.39, 0.29) is 16.7 Å². The molecule has 0 unspecified atom stereocenters. The van der Waals surface area contributed by atoms with Gasteiger partial charge in [-0.15, -0.1) is 0 Å². The fourth-order valence-corrected chi connectivity index (χ4v) is 2.52. The number of nitrogens with two attached hydrogens (primary N) is 1. The average Bonchev–Trinajstić information content (AvgIpc) is 2.57. The van der Waals surface area contributed by atoms with E-state index >= 15 is 0 Å². The Bertz CT molecular complexity index is 504. The Balaban J connectivity index is 2.22. The molecule has 1 saturated heterocycles. The number of likely N-dealkylation sites (tertiary alicyclic amines) is 1. The van der Waals surface area contributed by atoms with Crippen molar-refractivity contribution in [1.82, 2.24) is 4.90 Å². The third-order valence-electron chi connectivity index (χ3n) is 3.37. The van der Waals surface area contributed by atoms with E-state index in [9.17, 15) is 9.18 Å². The Morgan fingerprint density at radius 2 is 2.16 bits per heavy atom. The Morgan fingerprint density at radius 3 is 2.89 bits per heavy atom. The number of thiocarbonyl (C=S) groups is 1. The van der Waals surface area contributed by atoms with E-state index in [0.29, 0.717) is 18.5 Å². The van der Waals surface area contributed by atoms with Gasteiger partial charge in [-0.1, -0.05) is 24.7 Å². The maximum absolute atomic E-state index is 13.2. The summed E-state index contributed by atoms with van der Waals surface area (Å²) in [4.78, 5) is 13.9. The van der Waals surface area contributed by atoms with Gasteiger partial charge in [-0.25, -0.2) is 4.39 Å². The monoisotopic (exact) mass is 280 g/mol. The van der Waals surface area contributed by atoms with Crippen LogP contribution >= 0.6 is 12.2 Å². The van der Waals surface area contributed by atoms with E-state index in [1.165, 1.54) is 12.1 Å². The number of carbonyl (C=O) groups excluding carboxylic acids is 1. The minimum absolute atomic E-state index is 0.149. The molecular weight excluding hydrogens is 263 g/mol. The summed E-state index contributed by atoms with van der Waals surface area (Å²) in [5.41, 5.74) is 6.95. The van der Waals surface area contributed by atoms with Crippen molar-refractivity contribution in [2.24, 2.45) is 5.73 Å². The van der Waals surface area contributed by atoms with Crippen LogP contribution in [0.3, 0.4) is 0 Å². The summed E-state index contributed by atoms with van der Waals surface area (Å²) < 4.78 is 13.2. The van der Waals surface area contributed by atoms with E-state index in [0.717, 1.165) is 31.4 Å². The first kappa shape index (κ1) is 13.9. The molecule has 0 aliphatic carbocycles. The van der Waals surface area contributed by atoms with Gasteiger partial charge in [-0.2, -0.15) is 0 Å². The van der Waals surface area contributed by atoms with Gasteiger partial charge >= 0.3 is 0 Å². The molecule has 0 radical (unpaired) electrons. The van der Waals surface area contributed by atoms with Crippen LogP contribution in [0, 0.1) is 5.82 Å². The third kappa shape index (κ3) is 3.50. The second kappa shape index (κ2) is 6.10. The molecule has 0 saturated carbocycles. The van der Waals surface area contributed by atoms with Gasteiger partial charge in [0.25, 0.3) is 0 Å².